The fraction of sp³-hybridized carbons (Fsp3) is 0.579. The van der Waals surface area contributed by atoms with Gasteiger partial charge in [0.25, 0.3) is 0 Å². The van der Waals surface area contributed by atoms with Crippen LogP contribution in [0.2, 0.25) is 0 Å². The summed E-state index contributed by atoms with van der Waals surface area (Å²) in [5.41, 5.74) is 2.06. The van der Waals surface area contributed by atoms with E-state index in [0.717, 1.165) is 42.6 Å². The lowest BCUT2D eigenvalue weighted by atomic mass is 9.90. The lowest BCUT2D eigenvalue weighted by Crippen LogP contribution is -2.35. The summed E-state index contributed by atoms with van der Waals surface area (Å²) in [6, 6.07) is 8.12. The Hall–Kier alpha value is -0.740. The summed E-state index contributed by atoms with van der Waals surface area (Å²) in [6.45, 7) is 1.29. The van der Waals surface area contributed by atoms with Crippen molar-refractivity contribution in [1.29, 1.82) is 0 Å². The summed E-state index contributed by atoms with van der Waals surface area (Å²) in [5.74, 6) is 1.48. The third-order valence-corrected chi connectivity index (χ3v) is 4.67. The predicted molar refractivity (Wildman–Crippen MR) is 99.5 cm³/mol. The van der Waals surface area contributed by atoms with Gasteiger partial charge in [0.05, 0.1) is 13.2 Å². The molecule has 1 atom stereocenters. The summed E-state index contributed by atoms with van der Waals surface area (Å²) in [5, 5.41) is 0. The molecule has 0 saturated carbocycles. The number of benzene rings is 1. The molecule has 0 amide bonds. The van der Waals surface area contributed by atoms with E-state index in [2.05, 4.69) is 18.2 Å². The van der Waals surface area contributed by atoms with Gasteiger partial charge in [0, 0.05) is 36.4 Å². The van der Waals surface area contributed by atoms with E-state index in [-0.39, 0.29) is 0 Å². The molecule has 134 valence electrons. The van der Waals surface area contributed by atoms with Gasteiger partial charge in [-0.05, 0) is 31.8 Å². The van der Waals surface area contributed by atoms with E-state index in [4.69, 9.17) is 37.4 Å². The molecule has 0 bridgehead atoms. The first-order valence-corrected chi connectivity index (χ1v) is 9.58. The van der Waals surface area contributed by atoms with Crippen molar-refractivity contribution in [2.45, 2.75) is 37.9 Å². The first-order chi connectivity index (χ1) is 11.8. The lowest BCUT2D eigenvalue weighted by Gasteiger charge is -2.36. The van der Waals surface area contributed by atoms with Gasteiger partial charge in [-0.3, -0.25) is 0 Å². The van der Waals surface area contributed by atoms with Crippen LogP contribution in [0, 0.1) is 0 Å². The number of rotatable bonds is 11. The summed E-state index contributed by atoms with van der Waals surface area (Å²) in [4.78, 5) is 0. The van der Waals surface area contributed by atoms with Crippen LogP contribution in [-0.2, 0) is 20.0 Å². The van der Waals surface area contributed by atoms with Crippen LogP contribution < -0.4 is 0 Å². The zero-order chi connectivity index (χ0) is 17.3. The molecule has 0 radical (unpaired) electrons. The Kier molecular flexibility index (Phi) is 8.40. The molecule has 1 unspecified atom stereocenters. The maximum Gasteiger partial charge on any atom is 0.198 e. The smallest absolute Gasteiger partial charge is 0.198 e. The lowest BCUT2D eigenvalue weighted by molar-refractivity contribution is -0.231. The van der Waals surface area contributed by atoms with Gasteiger partial charge in [-0.2, -0.15) is 0 Å². The van der Waals surface area contributed by atoms with Crippen molar-refractivity contribution in [1.82, 2.24) is 0 Å². The second-order valence-electron chi connectivity index (χ2n) is 5.76. The number of alkyl halides is 2. The number of unbranched alkanes of at least 4 members (excludes halogenated alkanes) is 2. The van der Waals surface area contributed by atoms with Crippen molar-refractivity contribution in [3.63, 3.8) is 0 Å². The standard InChI is InChI=1S/C19H26Cl2O3/c1-22-19(24-15-7-5-13-21)11-10-18(23-14-6-4-12-20)16-8-2-3-9-17(16)19/h2-3,8-10H,4-7,11-15H2,1H3. The number of halogens is 2. The second-order valence-corrected chi connectivity index (χ2v) is 6.52. The molecule has 1 aromatic carbocycles. The number of methoxy groups -OCH3 is 1. The van der Waals surface area contributed by atoms with Gasteiger partial charge < -0.3 is 14.2 Å². The third kappa shape index (κ3) is 4.89. The van der Waals surface area contributed by atoms with Gasteiger partial charge in [-0.15, -0.1) is 23.2 Å². The van der Waals surface area contributed by atoms with Crippen molar-refractivity contribution >= 4 is 29.0 Å². The highest BCUT2D eigenvalue weighted by atomic mass is 35.5. The van der Waals surface area contributed by atoms with E-state index in [0.29, 0.717) is 31.4 Å². The van der Waals surface area contributed by atoms with Crippen molar-refractivity contribution in [3.05, 3.63) is 41.5 Å². The molecule has 24 heavy (non-hydrogen) atoms. The van der Waals surface area contributed by atoms with Crippen LogP contribution in [-0.4, -0.2) is 32.1 Å². The molecular formula is C19H26Cl2O3. The average molecular weight is 373 g/mol. The van der Waals surface area contributed by atoms with Crippen LogP contribution in [0.4, 0.5) is 0 Å². The molecule has 5 heteroatoms. The molecule has 1 aromatic rings. The van der Waals surface area contributed by atoms with Gasteiger partial charge in [0.15, 0.2) is 5.79 Å². The fourth-order valence-corrected chi connectivity index (χ4v) is 3.19. The molecule has 0 fully saturated rings. The predicted octanol–water partition coefficient (Wildman–Crippen LogP) is 5.30. The highest BCUT2D eigenvalue weighted by Crippen LogP contribution is 2.41. The minimum absolute atomic E-state index is 0.620. The molecule has 3 nitrogen and oxygen atoms in total. The first kappa shape index (κ1) is 19.6. The van der Waals surface area contributed by atoms with E-state index < -0.39 is 5.79 Å². The molecule has 1 aliphatic carbocycles. The highest BCUT2D eigenvalue weighted by molar-refractivity contribution is 6.18. The van der Waals surface area contributed by atoms with Gasteiger partial charge in [-0.1, -0.05) is 24.3 Å². The Balaban J connectivity index is 2.12. The van der Waals surface area contributed by atoms with Gasteiger partial charge in [-0.25, -0.2) is 0 Å². The molecule has 0 saturated heterocycles. The molecule has 0 heterocycles. The van der Waals surface area contributed by atoms with Crippen LogP contribution in [0.5, 0.6) is 0 Å². The summed E-state index contributed by atoms with van der Waals surface area (Å²) in [7, 11) is 1.69. The molecule has 0 aromatic heterocycles. The Morgan fingerprint density at radius 1 is 1.00 bits per heavy atom. The molecule has 1 aliphatic rings. The van der Waals surface area contributed by atoms with Crippen molar-refractivity contribution in [3.8, 4) is 0 Å². The Bertz CT molecular complexity index is 533. The first-order valence-electron chi connectivity index (χ1n) is 8.51. The third-order valence-electron chi connectivity index (χ3n) is 4.14. The summed E-state index contributed by atoms with van der Waals surface area (Å²) < 4.78 is 17.9. The van der Waals surface area contributed by atoms with E-state index >= 15 is 0 Å². The second kappa shape index (κ2) is 10.3. The van der Waals surface area contributed by atoms with Crippen LogP contribution in [0.1, 0.15) is 43.2 Å². The molecule has 0 spiro atoms. The largest absolute Gasteiger partial charge is 0.493 e. The molecule has 0 N–H and O–H groups in total. The van der Waals surface area contributed by atoms with E-state index in [1.54, 1.807) is 7.11 Å². The Morgan fingerprint density at radius 3 is 2.42 bits per heavy atom. The normalized spacial score (nSPS) is 19.7. The number of hydrogen-bond donors (Lipinski definition) is 0. The monoisotopic (exact) mass is 372 g/mol. The summed E-state index contributed by atoms with van der Waals surface area (Å²) in [6.07, 6.45) is 6.46. The van der Waals surface area contributed by atoms with Crippen LogP contribution in [0.3, 0.4) is 0 Å². The molecule has 2 rings (SSSR count). The SMILES string of the molecule is COC1(OCCCCCl)CC=C(OCCCCCl)c2ccccc21. The van der Waals surface area contributed by atoms with Gasteiger partial charge in [0.2, 0.25) is 0 Å². The van der Waals surface area contributed by atoms with Crippen molar-refractivity contribution < 1.29 is 14.2 Å². The maximum absolute atomic E-state index is 6.14. The minimum atomic E-state index is -0.744. The maximum atomic E-state index is 6.14. The topological polar surface area (TPSA) is 27.7 Å². The van der Waals surface area contributed by atoms with Gasteiger partial charge in [0.1, 0.15) is 5.76 Å². The van der Waals surface area contributed by atoms with Crippen LogP contribution in [0.15, 0.2) is 30.3 Å². The van der Waals surface area contributed by atoms with Crippen LogP contribution >= 0.6 is 23.2 Å². The van der Waals surface area contributed by atoms with Crippen molar-refractivity contribution in [2.24, 2.45) is 0 Å². The van der Waals surface area contributed by atoms with Gasteiger partial charge >= 0.3 is 0 Å². The zero-order valence-electron chi connectivity index (χ0n) is 14.2. The molecular weight excluding hydrogens is 347 g/mol. The minimum Gasteiger partial charge on any atom is -0.493 e. The highest BCUT2D eigenvalue weighted by Gasteiger charge is 2.38. The Labute approximate surface area is 154 Å². The van der Waals surface area contributed by atoms with E-state index in [1.165, 1.54) is 0 Å². The number of ether oxygens (including phenoxy) is 3. The van der Waals surface area contributed by atoms with Crippen LogP contribution in [0.25, 0.3) is 5.76 Å². The summed E-state index contributed by atoms with van der Waals surface area (Å²) >= 11 is 11.5. The zero-order valence-corrected chi connectivity index (χ0v) is 15.7. The molecule has 0 aliphatic heterocycles. The number of fused-ring (bicyclic) bond motifs is 1. The Morgan fingerprint density at radius 2 is 1.71 bits per heavy atom. The number of hydrogen-bond acceptors (Lipinski definition) is 3. The van der Waals surface area contributed by atoms with E-state index in [9.17, 15) is 0 Å². The quantitative estimate of drug-likeness (QED) is 0.299. The van der Waals surface area contributed by atoms with E-state index in [1.807, 2.05) is 12.1 Å². The average Bonchev–Trinajstić information content (AvgIpc) is 2.63. The fourth-order valence-electron chi connectivity index (χ4n) is 2.81. The van der Waals surface area contributed by atoms with Crippen molar-refractivity contribution in [2.75, 3.05) is 32.1 Å².